The summed E-state index contributed by atoms with van der Waals surface area (Å²) in [5.74, 6) is -0.137. The van der Waals surface area contributed by atoms with Crippen molar-refractivity contribution in [3.05, 3.63) is 29.3 Å². The van der Waals surface area contributed by atoms with Gasteiger partial charge in [-0.3, -0.25) is 9.59 Å². The van der Waals surface area contributed by atoms with Gasteiger partial charge in [-0.1, -0.05) is 6.07 Å². The highest BCUT2D eigenvalue weighted by Crippen LogP contribution is 2.15. The molecule has 5 heteroatoms. The third-order valence-electron chi connectivity index (χ3n) is 3.36. The Balaban J connectivity index is 2.52. The highest BCUT2D eigenvalue weighted by atomic mass is 16.2. The lowest BCUT2D eigenvalue weighted by molar-refractivity contribution is -0.130. The van der Waals surface area contributed by atoms with E-state index in [0.717, 1.165) is 5.56 Å². The Morgan fingerprint density at radius 1 is 1.25 bits per heavy atom. The number of carbonyl (C=O) groups is 2. The fourth-order valence-corrected chi connectivity index (χ4v) is 2.01. The molecular formula is C15H23N3O2. The molecule has 0 radical (unpaired) electrons. The molecule has 0 fully saturated rings. The third kappa shape index (κ3) is 3.98. The quantitative estimate of drug-likeness (QED) is 0.775. The van der Waals surface area contributed by atoms with E-state index >= 15 is 0 Å². The van der Waals surface area contributed by atoms with Crippen LogP contribution in [0.3, 0.4) is 0 Å². The number of nitrogens with zero attached hydrogens (tertiary/aromatic N) is 1. The van der Waals surface area contributed by atoms with E-state index in [1.54, 1.807) is 23.1 Å². The first-order valence-corrected chi connectivity index (χ1v) is 6.92. The number of nitrogen functional groups attached to an aromatic ring is 1. The van der Waals surface area contributed by atoms with Gasteiger partial charge in [-0.05, 0) is 38.5 Å². The fourth-order valence-electron chi connectivity index (χ4n) is 2.01. The fraction of sp³-hybridized carbons (Fsp3) is 0.467. The Morgan fingerprint density at radius 3 is 2.50 bits per heavy atom. The molecule has 3 N–H and O–H groups in total. The van der Waals surface area contributed by atoms with Crippen molar-refractivity contribution in [3.8, 4) is 0 Å². The maximum Gasteiger partial charge on any atom is 0.251 e. The number of hydrogen-bond acceptors (Lipinski definition) is 3. The molecule has 0 atom stereocenters. The predicted octanol–water partition coefficient (Wildman–Crippen LogP) is 1.57. The zero-order valence-corrected chi connectivity index (χ0v) is 12.4. The molecule has 1 rings (SSSR count). The second-order valence-corrected chi connectivity index (χ2v) is 4.59. The molecule has 0 aliphatic rings. The molecule has 0 bridgehead atoms. The lowest BCUT2D eigenvalue weighted by atomic mass is 10.1. The topological polar surface area (TPSA) is 75.4 Å². The molecule has 1 aromatic rings. The van der Waals surface area contributed by atoms with Gasteiger partial charge < -0.3 is 16.0 Å². The van der Waals surface area contributed by atoms with Crippen LogP contribution in [0.1, 0.15) is 36.2 Å². The van der Waals surface area contributed by atoms with Gasteiger partial charge >= 0.3 is 0 Å². The van der Waals surface area contributed by atoms with Gasteiger partial charge in [0.1, 0.15) is 0 Å². The molecule has 0 spiro atoms. The lowest BCUT2D eigenvalue weighted by Gasteiger charge is -2.18. The Morgan fingerprint density at radius 2 is 1.90 bits per heavy atom. The highest BCUT2D eigenvalue weighted by Gasteiger charge is 2.12. The van der Waals surface area contributed by atoms with Crippen molar-refractivity contribution >= 4 is 17.5 Å². The van der Waals surface area contributed by atoms with E-state index in [-0.39, 0.29) is 11.8 Å². The monoisotopic (exact) mass is 277 g/mol. The van der Waals surface area contributed by atoms with Gasteiger partial charge in [0, 0.05) is 37.3 Å². The summed E-state index contributed by atoms with van der Waals surface area (Å²) in [6.45, 7) is 7.41. The summed E-state index contributed by atoms with van der Waals surface area (Å²) in [6, 6.07) is 5.24. The number of nitrogens with two attached hydrogens (primary N) is 1. The molecule has 2 amide bonds. The van der Waals surface area contributed by atoms with Gasteiger partial charge in [0.2, 0.25) is 5.91 Å². The van der Waals surface area contributed by atoms with Crippen molar-refractivity contribution in [1.82, 2.24) is 10.2 Å². The van der Waals surface area contributed by atoms with E-state index in [4.69, 9.17) is 5.73 Å². The Labute approximate surface area is 120 Å². The molecular weight excluding hydrogens is 254 g/mol. The van der Waals surface area contributed by atoms with Gasteiger partial charge in [0.15, 0.2) is 0 Å². The van der Waals surface area contributed by atoms with Crippen LogP contribution >= 0.6 is 0 Å². The van der Waals surface area contributed by atoms with Crippen molar-refractivity contribution in [3.63, 3.8) is 0 Å². The predicted molar refractivity (Wildman–Crippen MR) is 80.5 cm³/mol. The molecule has 20 heavy (non-hydrogen) atoms. The molecule has 0 saturated carbocycles. The zero-order valence-electron chi connectivity index (χ0n) is 12.4. The van der Waals surface area contributed by atoms with Crippen LogP contribution in [0, 0.1) is 6.92 Å². The minimum absolute atomic E-state index is 0.0552. The van der Waals surface area contributed by atoms with Crippen molar-refractivity contribution in [2.75, 3.05) is 25.4 Å². The van der Waals surface area contributed by atoms with Gasteiger partial charge in [0.05, 0.1) is 0 Å². The van der Waals surface area contributed by atoms with Crippen molar-refractivity contribution in [2.24, 2.45) is 0 Å². The minimum atomic E-state index is -0.192. The molecule has 0 heterocycles. The van der Waals surface area contributed by atoms with Crippen LogP contribution in [0.25, 0.3) is 0 Å². The van der Waals surface area contributed by atoms with Crippen molar-refractivity contribution < 1.29 is 9.59 Å². The third-order valence-corrected chi connectivity index (χ3v) is 3.36. The molecule has 110 valence electrons. The van der Waals surface area contributed by atoms with E-state index in [1.807, 2.05) is 20.8 Å². The number of carbonyl (C=O) groups excluding carboxylic acids is 2. The molecule has 0 aliphatic carbocycles. The lowest BCUT2D eigenvalue weighted by Crippen LogP contribution is -2.34. The van der Waals surface area contributed by atoms with Crippen LogP contribution in [-0.2, 0) is 4.79 Å². The second-order valence-electron chi connectivity index (χ2n) is 4.59. The summed E-state index contributed by atoms with van der Waals surface area (Å²) < 4.78 is 0. The Kier molecular flexibility index (Phi) is 6.03. The first-order chi connectivity index (χ1) is 9.51. The summed E-state index contributed by atoms with van der Waals surface area (Å²) in [6.07, 6.45) is 0.314. The number of benzene rings is 1. The number of rotatable bonds is 6. The zero-order chi connectivity index (χ0) is 15.1. The summed E-state index contributed by atoms with van der Waals surface area (Å²) in [4.78, 5) is 25.6. The van der Waals surface area contributed by atoms with Gasteiger partial charge in [-0.2, -0.15) is 0 Å². The largest absolute Gasteiger partial charge is 0.398 e. The van der Waals surface area contributed by atoms with Crippen LogP contribution in [0.2, 0.25) is 0 Å². The van der Waals surface area contributed by atoms with E-state index in [1.165, 1.54) is 0 Å². The smallest absolute Gasteiger partial charge is 0.251 e. The van der Waals surface area contributed by atoms with Gasteiger partial charge in [-0.25, -0.2) is 0 Å². The van der Waals surface area contributed by atoms with E-state index in [0.29, 0.717) is 37.3 Å². The number of amides is 2. The average molecular weight is 277 g/mol. The normalized spacial score (nSPS) is 10.2. The Bertz CT molecular complexity index is 482. The highest BCUT2D eigenvalue weighted by molar-refractivity contribution is 5.97. The summed E-state index contributed by atoms with van der Waals surface area (Å²) in [5, 5.41) is 2.76. The van der Waals surface area contributed by atoms with Crippen LogP contribution in [-0.4, -0.2) is 36.3 Å². The average Bonchev–Trinajstić information content (AvgIpc) is 2.43. The Hall–Kier alpha value is -2.04. The maximum atomic E-state index is 12.0. The second kappa shape index (κ2) is 7.53. The maximum absolute atomic E-state index is 12.0. The molecule has 0 aliphatic heterocycles. The molecule has 5 nitrogen and oxygen atoms in total. The standard InChI is InChI=1S/C15H23N3O2/c1-4-18(5-2)14(19)9-10-17-15(20)12-7-6-8-13(16)11(12)3/h6-8H,4-5,9-10,16H2,1-3H3,(H,17,20). The number of hydrogen-bond donors (Lipinski definition) is 2. The summed E-state index contributed by atoms with van der Waals surface area (Å²) in [7, 11) is 0. The molecule has 0 unspecified atom stereocenters. The van der Waals surface area contributed by atoms with Gasteiger partial charge in [0.25, 0.3) is 5.91 Å². The molecule has 0 aromatic heterocycles. The molecule has 1 aromatic carbocycles. The van der Waals surface area contributed by atoms with Crippen molar-refractivity contribution in [2.45, 2.75) is 27.2 Å². The SMILES string of the molecule is CCN(CC)C(=O)CCNC(=O)c1cccc(N)c1C. The van der Waals surface area contributed by atoms with E-state index in [9.17, 15) is 9.59 Å². The van der Waals surface area contributed by atoms with Crippen LogP contribution in [0.4, 0.5) is 5.69 Å². The first-order valence-electron chi connectivity index (χ1n) is 6.92. The van der Waals surface area contributed by atoms with E-state index < -0.39 is 0 Å². The summed E-state index contributed by atoms with van der Waals surface area (Å²) >= 11 is 0. The summed E-state index contributed by atoms with van der Waals surface area (Å²) in [5.41, 5.74) is 7.68. The van der Waals surface area contributed by atoms with Crippen LogP contribution in [0.5, 0.6) is 0 Å². The molecule has 0 saturated heterocycles. The van der Waals surface area contributed by atoms with Gasteiger partial charge in [-0.15, -0.1) is 0 Å². The van der Waals surface area contributed by atoms with Crippen LogP contribution in [0.15, 0.2) is 18.2 Å². The first kappa shape index (κ1) is 16.0. The van der Waals surface area contributed by atoms with Crippen molar-refractivity contribution in [1.29, 1.82) is 0 Å². The number of anilines is 1. The van der Waals surface area contributed by atoms with E-state index in [2.05, 4.69) is 5.32 Å². The van der Waals surface area contributed by atoms with Crippen LogP contribution < -0.4 is 11.1 Å². The minimum Gasteiger partial charge on any atom is -0.398 e. The number of nitrogens with one attached hydrogen (secondary N) is 1.